The Morgan fingerprint density at radius 1 is 1.24 bits per heavy atom. The van der Waals surface area contributed by atoms with Crippen LogP contribution in [0.2, 0.25) is 0 Å². The number of hydrogen-bond acceptors (Lipinski definition) is 6. The summed E-state index contributed by atoms with van der Waals surface area (Å²) in [7, 11) is 0. The molecule has 0 spiro atoms. The van der Waals surface area contributed by atoms with Gasteiger partial charge in [-0.05, 0) is 43.5 Å². The van der Waals surface area contributed by atoms with Gasteiger partial charge in [-0.3, -0.25) is 4.79 Å². The lowest BCUT2D eigenvalue weighted by atomic mass is 9.96. The van der Waals surface area contributed by atoms with Gasteiger partial charge in [0.05, 0.1) is 0 Å². The molecule has 128 valence electrons. The molecule has 0 bridgehead atoms. The topological polar surface area (TPSA) is 88.3 Å². The molecule has 0 atom stereocenters. The zero-order valence-electron chi connectivity index (χ0n) is 14.0. The number of piperidine rings is 1. The van der Waals surface area contributed by atoms with Gasteiger partial charge in [-0.2, -0.15) is 4.52 Å². The van der Waals surface area contributed by atoms with Crippen molar-refractivity contribution in [3.05, 3.63) is 42.4 Å². The normalized spacial score (nSPS) is 15.5. The highest BCUT2D eigenvalue weighted by atomic mass is 16.1. The standard InChI is InChI=1S/C17H19N7O/c1-12-3-2-8-18-16(12)20-17(25)13-6-9-23(10-7-13)15-5-4-14-21-19-11-24(14)22-15/h2-5,8,11,13H,6-7,9-10H2,1H3,(H,18,20,25). The number of pyridine rings is 1. The van der Waals surface area contributed by atoms with Gasteiger partial charge in [0.25, 0.3) is 0 Å². The number of anilines is 2. The molecule has 8 heteroatoms. The Hall–Kier alpha value is -3.03. The number of nitrogens with zero attached hydrogens (tertiary/aromatic N) is 6. The van der Waals surface area contributed by atoms with Crippen LogP contribution in [0.3, 0.4) is 0 Å². The maximum atomic E-state index is 12.5. The fourth-order valence-corrected chi connectivity index (χ4v) is 3.09. The van der Waals surface area contributed by atoms with E-state index < -0.39 is 0 Å². The minimum Gasteiger partial charge on any atom is -0.355 e. The second kappa shape index (κ2) is 6.46. The van der Waals surface area contributed by atoms with Crippen LogP contribution >= 0.6 is 0 Å². The molecule has 3 aromatic heterocycles. The van der Waals surface area contributed by atoms with Crippen molar-refractivity contribution in [2.75, 3.05) is 23.3 Å². The van der Waals surface area contributed by atoms with E-state index >= 15 is 0 Å². The lowest BCUT2D eigenvalue weighted by molar-refractivity contribution is -0.120. The molecular weight excluding hydrogens is 318 g/mol. The van der Waals surface area contributed by atoms with Crippen LogP contribution < -0.4 is 10.2 Å². The quantitative estimate of drug-likeness (QED) is 0.782. The highest BCUT2D eigenvalue weighted by Crippen LogP contribution is 2.23. The van der Waals surface area contributed by atoms with Crippen molar-refractivity contribution in [3.8, 4) is 0 Å². The summed E-state index contributed by atoms with van der Waals surface area (Å²) in [4.78, 5) is 18.9. The first-order valence-corrected chi connectivity index (χ1v) is 8.35. The van der Waals surface area contributed by atoms with E-state index in [9.17, 15) is 4.79 Å². The maximum absolute atomic E-state index is 12.5. The second-order valence-electron chi connectivity index (χ2n) is 6.24. The molecule has 0 aliphatic carbocycles. The summed E-state index contributed by atoms with van der Waals surface area (Å²) in [5, 5.41) is 15.3. The van der Waals surface area contributed by atoms with Gasteiger partial charge in [-0.1, -0.05) is 6.07 Å². The number of hydrogen-bond donors (Lipinski definition) is 1. The van der Waals surface area contributed by atoms with Gasteiger partial charge >= 0.3 is 0 Å². The van der Waals surface area contributed by atoms with Crippen molar-refractivity contribution in [2.24, 2.45) is 5.92 Å². The second-order valence-corrected chi connectivity index (χ2v) is 6.24. The molecule has 4 rings (SSSR count). The third kappa shape index (κ3) is 3.15. The molecular formula is C17H19N7O. The molecule has 25 heavy (non-hydrogen) atoms. The molecule has 8 nitrogen and oxygen atoms in total. The predicted octanol–water partition coefficient (Wildman–Crippen LogP) is 1.68. The van der Waals surface area contributed by atoms with E-state index in [0.29, 0.717) is 5.82 Å². The Morgan fingerprint density at radius 3 is 2.88 bits per heavy atom. The third-order valence-corrected chi connectivity index (χ3v) is 4.59. The van der Waals surface area contributed by atoms with Crippen LogP contribution in [0, 0.1) is 12.8 Å². The lowest BCUT2D eigenvalue weighted by Gasteiger charge is -2.31. The number of carbonyl (C=O) groups excluding carboxylic acids is 1. The number of fused-ring (bicyclic) bond motifs is 1. The summed E-state index contributed by atoms with van der Waals surface area (Å²) < 4.78 is 1.66. The minimum atomic E-state index is -0.00343. The number of aromatic nitrogens is 5. The van der Waals surface area contributed by atoms with Crippen LogP contribution in [0.4, 0.5) is 11.6 Å². The Morgan fingerprint density at radius 2 is 2.08 bits per heavy atom. The minimum absolute atomic E-state index is 0.00343. The molecule has 3 aromatic rings. The third-order valence-electron chi connectivity index (χ3n) is 4.59. The fraction of sp³-hybridized carbons (Fsp3) is 0.353. The molecule has 0 radical (unpaired) electrons. The molecule has 1 amide bonds. The summed E-state index contributed by atoms with van der Waals surface area (Å²) in [6.45, 7) is 3.53. The van der Waals surface area contributed by atoms with Crippen molar-refractivity contribution < 1.29 is 4.79 Å². The Bertz CT molecular complexity index is 899. The predicted molar refractivity (Wildman–Crippen MR) is 93.3 cm³/mol. The average molecular weight is 337 g/mol. The average Bonchev–Trinajstić information content (AvgIpc) is 3.11. The van der Waals surface area contributed by atoms with Gasteiger partial charge < -0.3 is 10.2 Å². The Labute approximate surface area is 144 Å². The Balaban J connectivity index is 1.39. The van der Waals surface area contributed by atoms with E-state index in [-0.39, 0.29) is 11.8 Å². The summed E-state index contributed by atoms with van der Waals surface area (Å²) in [6.07, 6.45) is 4.87. The van der Waals surface area contributed by atoms with E-state index in [0.717, 1.165) is 43.0 Å². The van der Waals surface area contributed by atoms with E-state index in [2.05, 4.69) is 30.5 Å². The largest absolute Gasteiger partial charge is 0.355 e. The number of rotatable bonds is 3. The van der Waals surface area contributed by atoms with Crippen LogP contribution in [-0.2, 0) is 4.79 Å². The van der Waals surface area contributed by atoms with Crippen LogP contribution in [0.25, 0.3) is 5.65 Å². The van der Waals surface area contributed by atoms with Gasteiger partial charge in [0.15, 0.2) is 5.65 Å². The highest BCUT2D eigenvalue weighted by Gasteiger charge is 2.26. The van der Waals surface area contributed by atoms with Gasteiger partial charge in [0.1, 0.15) is 18.0 Å². The number of nitrogens with one attached hydrogen (secondary N) is 1. The molecule has 0 saturated carbocycles. The summed E-state index contributed by atoms with van der Waals surface area (Å²) >= 11 is 0. The first-order chi connectivity index (χ1) is 12.2. The first kappa shape index (κ1) is 15.5. The van der Waals surface area contributed by atoms with Crippen LogP contribution in [0.5, 0.6) is 0 Å². The molecule has 0 aromatic carbocycles. The molecule has 0 unspecified atom stereocenters. The van der Waals surface area contributed by atoms with Gasteiger partial charge in [0, 0.05) is 25.2 Å². The molecule has 1 saturated heterocycles. The smallest absolute Gasteiger partial charge is 0.228 e. The monoisotopic (exact) mass is 337 g/mol. The van der Waals surface area contributed by atoms with Crippen molar-refractivity contribution in [1.29, 1.82) is 0 Å². The van der Waals surface area contributed by atoms with Crippen molar-refractivity contribution in [2.45, 2.75) is 19.8 Å². The number of aryl methyl sites for hydroxylation is 1. The SMILES string of the molecule is Cc1cccnc1NC(=O)C1CCN(c2ccc3nncn3n2)CC1. The van der Waals surface area contributed by atoms with E-state index in [4.69, 9.17) is 0 Å². The van der Waals surface area contributed by atoms with E-state index in [1.807, 2.05) is 31.2 Å². The van der Waals surface area contributed by atoms with Gasteiger partial charge in [-0.15, -0.1) is 15.3 Å². The first-order valence-electron chi connectivity index (χ1n) is 8.35. The lowest BCUT2D eigenvalue weighted by Crippen LogP contribution is -2.38. The van der Waals surface area contributed by atoms with Crippen LogP contribution in [0.1, 0.15) is 18.4 Å². The number of carbonyl (C=O) groups is 1. The summed E-state index contributed by atoms with van der Waals surface area (Å²) in [5.41, 5.74) is 1.70. The van der Waals surface area contributed by atoms with Crippen molar-refractivity contribution >= 4 is 23.2 Å². The van der Waals surface area contributed by atoms with Gasteiger partial charge in [0.2, 0.25) is 5.91 Å². The molecule has 1 aliphatic heterocycles. The van der Waals surface area contributed by atoms with Crippen LogP contribution in [-0.4, -0.2) is 43.8 Å². The van der Waals surface area contributed by atoms with Crippen molar-refractivity contribution in [1.82, 2.24) is 24.8 Å². The molecule has 1 fully saturated rings. The summed E-state index contributed by atoms with van der Waals surface area (Å²) in [5.74, 6) is 1.57. The zero-order chi connectivity index (χ0) is 17.2. The van der Waals surface area contributed by atoms with Gasteiger partial charge in [-0.25, -0.2) is 4.98 Å². The molecule has 1 aliphatic rings. The zero-order valence-corrected chi connectivity index (χ0v) is 14.0. The van der Waals surface area contributed by atoms with Crippen molar-refractivity contribution in [3.63, 3.8) is 0 Å². The maximum Gasteiger partial charge on any atom is 0.228 e. The highest BCUT2D eigenvalue weighted by molar-refractivity contribution is 5.92. The Kier molecular flexibility index (Phi) is 4.01. The summed E-state index contributed by atoms with van der Waals surface area (Å²) in [6, 6.07) is 7.65. The van der Waals surface area contributed by atoms with E-state index in [1.165, 1.54) is 0 Å². The fourth-order valence-electron chi connectivity index (χ4n) is 3.09. The van der Waals surface area contributed by atoms with E-state index in [1.54, 1.807) is 17.0 Å². The van der Waals surface area contributed by atoms with Crippen LogP contribution in [0.15, 0.2) is 36.8 Å². The molecule has 1 N–H and O–H groups in total. The molecule has 4 heterocycles. The number of amides is 1.